The molecule has 1 N–H and O–H groups in total. The van der Waals surface area contributed by atoms with Crippen molar-refractivity contribution < 1.29 is 13.9 Å². The van der Waals surface area contributed by atoms with Crippen LogP contribution in [0.2, 0.25) is 0 Å². The van der Waals surface area contributed by atoms with Crippen molar-refractivity contribution in [2.24, 2.45) is 0 Å². The van der Waals surface area contributed by atoms with Gasteiger partial charge in [0, 0.05) is 22.5 Å². The molecule has 0 saturated heterocycles. The van der Waals surface area contributed by atoms with Gasteiger partial charge in [0.25, 0.3) is 11.5 Å². The van der Waals surface area contributed by atoms with Crippen LogP contribution in [0.15, 0.2) is 53.3 Å². The number of ether oxygens (including phenoxy) is 1. The van der Waals surface area contributed by atoms with Crippen molar-refractivity contribution in [1.29, 1.82) is 0 Å². The Bertz CT molecular complexity index is 1120. The van der Waals surface area contributed by atoms with E-state index in [-0.39, 0.29) is 29.6 Å². The zero-order valence-electron chi connectivity index (χ0n) is 17.0. The number of aromatic nitrogens is 1. The van der Waals surface area contributed by atoms with Gasteiger partial charge in [-0.3, -0.25) is 9.59 Å². The minimum Gasteiger partial charge on any atom is -0.494 e. The Morgan fingerprint density at radius 2 is 1.93 bits per heavy atom. The first-order valence-corrected chi connectivity index (χ1v) is 10.4. The van der Waals surface area contributed by atoms with E-state index in [0.717, 1.165) is 36.8 Å². The van der Waals surface area contributed by atoms with Gasteiger partial charge in [-0.25, -0.2) is 4.39 Å². The van der Waals surface area contributed by atoms with E-state index in [1.165, 1.54) is 12.1 Å². The van der Waals surface area contributed by atoms with Gasteiger partial charge in [-0.2, -0.15) is 0 Å². The highest BCUT2D eigenvalue weighted by Gasteiger charge is 2.29. The molecule has 0 aliphatic heterocycles. The number of hydrogen-bond donors (Lipinski definition) is 1. The van der Waals surface area contributed by atoms with Crippen LogP contribution >= 0.6 is 0 Å². The number of H-pyrrole nitrogens is 1. The minimum absolute atomic E-state index is 0.00182. The fourth-order valence-corrected chi connectivity index (χ4v) is 4.16. The van der Waals surface area contributed by atoms with Crippen molar-refractivity contribution in [1.82, 2.24) is 9.88 Å². The molecule has 5 nitrogen and oxygen atoms in total. The number of nitrogens with zero attached hydrogens (tertiary/aromatic N) is 1. The molecule has 1 amide bonds. The Kier molecular flexibility index (Phi) is 5.84. The van der Waals surface area contributed by atoms with Crippen LogP contribution in [0.5, 0.6) is 5.75 Å². The van der Waals surface area contributed by atoms with Gasteiger partial charge in [0.2, 0.25) is 0 Å². The molecule has 0 atom stereocenters. The number of nitrogens with one attached hydrogen (secondary N) is 1. The predicted octanol–water partition coefficient (Wildman–Crippen LogP) is 4.65. The van der Waals surface area contributed by atoms with Gasteiger partial charge < -0.3 is 14.6 Å². The first-order chi connectivity index (χ1) is 14.6. The van der Waals surface area contributed by atoms with E-state index in [1.54, 1.807) is 23.1 Å². The summed E-state index contributed by atoms with van der Waals surface area (Å²) in [7, 11) is 0. The van der Waals surface area contributed by atoms with Crippen molar-refractivity contribution >= 4 is 16.8 Å². The van der Waals surface area contributed by atoms with Gasteiger partial charge in [-0.05, 0) is 56.2 Å². The summed E-state index contributed by atoms with van der Waals surface area (Å²) in [6, 6.07) is 13.3. The molecule has 0 spiro atoms. The van der Waals surface area contributed by atoms with Gasteiger partial charge in [0.15, 0.2) is 0 Å². The lowest BCUT2D eigenvalue weighted by Crippen LogP contribution is -2.40. The van der Waals surface area contributed by atoms with E-state index < -0.39 is 5.82 Å². The van der Waals surface area contributed by atoms with Crippen molar-refractivity contribution in [2.45, 2.75) is 45.2 Å². The molecule has 6 heteroatoms. The normalized spacial score (nSPS) is 14.2. The molecular formula is C24H25FN2O3. The van der Waals surface area contributed by atoms with Crippen molar-refractivity contribution in [3.05, 3.63) is 75.8 Å². The molecule has 1 aliphatic rings. The van der Waals surface area contributed by atoms with Gasteiger partial charge in [-0.15, -0.1) is 0 Å². The maximum absolute atomic E-state index is 14.3. The number of amides is 1. The van der Waals surface area contributed by atoms with Crippen LogP contribution in [0.3, 0.4) is 0 Å². The van der Waals surface area contributed by atoms with E-state index >= 15 is 0 Å². The second-order valence-corrected chi connectivity index (χ2v) is 7.66. The molecule has 1 aliphatic carbocycles. The standard InChI is InChI=1S/C24H25FN2O3/c1-2-30-19-11-12-22-16(14-19)13-17(23(28)26-22)15-27(18-7-3-4-8-18)24(29)20-9-5-6-10-21(20)25/h5-6,9-14,18H,2-4,7-8,15H2,1H3,(H,26,28). The molecule has 3 aromatic rings. The third kappa shape index (κ3) is 4.08. The summed E-state index contributed by atoms with van der Waals surface area (Å²) >= 11 is 0. The zero-order valence-corrected chi connectivity index (χ0v) is 17.0. The predicted molar refractivity (Wildman–Crippen MR) is 114 cm³/mol. The largest absolute Gasteiger partial charge is 0.494 e. The van der Waals surface area contributed by atoms with Crippen molar-refractivity contribution in [3.63, 3.8) is 0 Å². The summed E-state index contributed by atoms with van der Waals surface area (Å²) < 4.78 is 19.9. The summed E-state index contributed by atoms with van der Waals surface area (Å²) in [4.78, 5) is 30.5. The number of fused-ring (bicyclic) bond motifs is 1. The molecule has 1 saturated carbocycles. The molecule has 1 heterocycles. The molecule has 30 heavy (non-hydrogen) atoms. The van der Waals surface area contributed by atoms with E-state index in [0.29, 0.717) is 17.7 Å². The van der Waals surface area contributed by atoms with Crippen LogP contribution in [0, 0.1) is 5.82 Å². The van der Waals surface area contributed by atoms with Crippen LogP contribution in [0.4, 0.5) is 4.39 Å². The SMILES string of the molecule is CCOc1ccc2[nH]c(=O)c(CN(C(=O)c3ccccc3F)C3CCCC3)cc2c1. The van der Waals surface area contributed by atoms with Crippen molar-refractivity contribution in [3.8, 4) is 5.75 Å². The maximum Gasteiger partial charge on any atom is 0.257 e. The average Bonchev–Trinajstić information content (AvgIpc) is 3.27. The van der Waals surface area contributed by atoms with E-state index in [1.807, 2.05) is 25.1 Å². The Balaban J connectivity index is 1.71. The minimum atomic E-state index is -0.542. The van der Waals surface area contributed by atoms with Gasteiger partial charge in [-0.1, -0.05) is 25.0 Å². The summed E-state index contributed by atoms with van der Waals surface area (Å²) in [5.41, 5.74) is 0.990. The van der Waals surface area contributed by atoms with Crippen molar-refractivity contribution in [2.75, 3.05) is 6.61 Å². The Morgan fingerprint density at radius 3 is 2.67 bits per heavy atom. The summed E-state index contributed by atoms with van der Waals surface area (Å²) in [6.45, 7) is 2.60. The monoisotopic (exact) mass is 408 g/mol. The number of halogens is 1. The highest BCUT2D eigenvalue weighted by molar-refractivity contribution is 5.94. The van der Waals surface area contributed by atoms with Gasteiger partial charge in [0.05, 0.1) is 18.7 Å². The van der Waals surface area contributed by atoms with Crippen LogP contribution in [0.1, 0.15) is 48.5 Å². The number of carbonyl (C=O) groups excluding carboxylic acids is 1. The summed E-state index contributed by atoms with van der Waals surface area (Å²) in [5.74, 6) is -0.195. The van der Waals surface area contributed by atoms with Gasteiger partial charge in [0.1, 0.15) is 11.6 Å². The molecule has 0 bridgehead atoms. The first-order valence-electron chi connectivity index (χ1n) is 10.4. The number of aromatic amines is 1. The lowest BCUT2D eigenvalue weighted by atomic mass is 10.1. The third-order valence-corrected chi connectivity index (χ3v) is 5.67. The lowest BCUT2D eigenvalue weighted by Gasteiger charge is -2.29. The third-order valence-electron chi connectivity index (χ3n) is 5.67. The number of rotatable bonds is 6. The second kappa shape index (κ2) is 8.69. The van der Waals surface area contributed by atoms with Crippen LogP contribution < -0.4 is 10.3 Å². The fourth-order valence-electron chi connectivity index (χ4n) is 4.16. The van der Waals surface area contributed by atoms with Crippen LogP contribution in [-0.4, -0.2) is 28.4 Å². The van der Waals surface area contributed by atoms with E-state index in [4.69, 9.17) is 4.74 Å². The Hall–Kier alpha value is -3.15. The molecule has 1 aromatic heterocycles. The molecule has 1 fully saturated rings. The second-order valence-electron chi connectivity index (χ2n) is 7.66. The highest BCUT2D eigenvalue weighted by atomic mass is 19.1. The quantitative estimate of drug-likeness (QED) is 0.646. The molecule has 0 unspecified atom stereocenters. The van der Waals surface area contributed by atoms with Gasteiger partial charge >= 0.3 is 0 Å². The maximum atomic E-state index is 14.3. The highest BCUT2D eigenvalue weighted by Crippen LogP contribution is 2.27. The number of benzene rings is 2. The number of carbonyl (C=O) groups is 1. The van der Waals surface area contributed by atoms with Crippen LogP contribution in [-0.2, 0) is 6.54 Å². The molecular weight excluding hydrogens is 383 g/mol. The first kappa shape index (κ1) is 20.1. The lowest BCUT2D eigenvalue weighted by molar-refractivity contribution is 0.0659. The topological polar surface area (TPSA) is 62.4 Å². The Labute approximate surface area is 174 Å². The number of hydrogen-bond acceptors (Lipinski definition) is 3. The average molecular weight is 408 g/mol. The summed E-state index contributed by atoms with van der Waals surface area (Å²) in [5, 5.41) is 0.834. The molecule has 4 rings (SSSR count). The smallest absolute Gasteiger partial charge is 0.257 e. The summed E-state index contributed by atoms with van der Waals surface area (Å²) in [6.07, 6.45) is 3.77. The number of pyridine rings is 1. The molecule has 2 aromatic carbocycles. The zero-order chi connectivity index (χ0) is 21.1. The molecule has 156 valence electrons. The Morgan fingerprint density at radius 1 is 1.17 bits per heavy atom. The van der Waals surface area contributed by atoms with E-state index in [9.17, 15) is 14.0 Å². The fraction of sp³-hybridized carbons (Fsp3) is 0.333. The molecule has 0 radical (unpaired) electrons. The van der Waals surface area contributed by atoms with Crippen LogP contribution in [0.25, 0.3) is 10.9 Å². The van der Waals surface area contributed by atoms with E-state index in [2.05, 4.69) is 4.98 Å².